The van der Waals surface area contributed by atoms with Crippen molar-refractivity contribution in [1.29, 1.82) is 0 Å². The van der Waals surface area contributed by atoms with Gasteiger partial charge in [0.05, 0.1) is 6.04 Å². The van der Waals surface area contributed by atoms with Crippen molar-refractivity contribution in [2.45, 2.75) is 32.2 Å². The van der Waals surface area contributed by atoms with Crippen LogP contribution < -0.4 is 5.32 Å². The summed E-state index contributed by atoms with van der Waals surface area (Å²) in [5.74, 6) is -0.393. The number of benzene rings is 2. The molecule has 4 rings (SSSR count). The summed E-state index contributed by atoms with van der Waals surface area (Å²) in [6.07, 6.45) is 3.56. The molecule has 0 aliphatic carbocycles. The Labute approximate surface area is 174 Å². The lowest BCUT2D eigenvalue weighted by Crippen LogP contribution is -2.40. The first-order valence-corrected chi connectivity index (χ1v) is 10.4. The highest BCUT2D eigenvalue weighted by Crippen LogP contribution is 2.28. The highest BCUT2D eigenvalue weighted by Gasteiger charge is 2.24. The number of rotatable bonds is 5. The Balaban J connectivity index is 1.54. The lowest BCUT2D eigenvalue weighted by atomic mass is 10.0. The van der Waals surface area contributed by atoms with Crippen LogP contribution in [-0.2, 0) is 0 Å². The van der Waals surface area contributed by atoms with Crippen LogP contribution in [-0.4, -0.2) is 30.4 Å². The first-order chi connectivity index (χ1) is 14.0. The molecule has 0 saturated carbocycles. The summed E-state index contributed by atoms with van der Waals surface area (Å²) in [7, 11) is 0. The number of nitrogens with zero attached hydrogens (tertiary/aromatic N) is 1. The predicted octanol–water partition coefficient (Wildman–Crippen LogP) is 5.49. The van der Waals surface area contributed by atoms with E-state index in [0.29, 0.717) is 28.1 Å². The minimum Gasteiger partial charge on any atom is -0.451 e. The molecule has 1 aliphatic rings. The lowest BCUT2D eigenvalue weighted by molar-refractivity contribution is 0.0898. The maximum atomic E-state index is 13.5. The van der Waals surface area contributed by atoms with Gasteiger partial charge in [0.2, 0.25) is 0 Å². The van der Waals surface area contributed by atoms with Crippen molar-refractivity contribution >= 4 is 28.5 Å². The normalized spacial score (nSPS) is 16.1. The number of furan rings is 1. The van der Waals surface area contributed by atoms with E-state index in [9.17, 15) is 9.18 Å². The number of carbonyl (C=O) groups excluding carboxylic acids is 1. The number of aryl methyl sites for hydroxylation is 1. The molecule has 1 amide bonds. The number of hydrogen-bond acceptors (Lipinski definition) is 3. The average Bonchev–Trinajstić information content (AvgIpc) is 3.06. The van der Waals surface area contributed by atoms with Crippen LogP contribution in [0, 0.1) is 12.7 Å². The van der Waals surface area contributed by atoms with Gasteiger partial charge in [0, 0.05) is 22.5 Å². The summed E-state index contributed by atoms with van der Waals surface area (Å²) < 4.78 is 19.3. The zero-order valence-corrected chi connectivity index (χ0v) is 17.1. The molecule has 0 radical (unpaired) electrons. The molecule has 0 spiro atoms. The fourth-order valence-corrected chi connectivity index (χ4v) is 4.18. The molecule has 0 bridgehead atoms. The Kier molecular flexibility index (Phi) is 5.88. The molecule has 1 saturated heterocycles. The zero-order chi connectivity index (χ0) is 20.4. The van der Waals surface area contributed by atoms with Gasteiger partial charge in [0.15, 0.2) is 5.76 Å². The van der Waals surface area contributed by atoms with Crippen molar-refractivity contribution in [3.8, 4) is 0 Å². The van der Waals surface area contributed by atoms with E-state index < -0.39 is 0 Å². The molecule has 152 valence electrons. The van der Waals surface area contributed by atoms with E-state index >= 15 is 0 Å². The molecule has 3 aromatic rings. The van der Waals surface area contributed by atoms with E-state index in [1.165, 1.54) is 18.6 Å². The molecule has 1 aliphatic heterocycles. The molecule has 2 heterocycles. The van der Waals surface area contributed by atoms with Crippen molar-refractivity contribution in [2.75, 3.05) is 19.6 Å². The molecule has 1 N–H and O–H groups in total. The summed E-state index contributed by atoms with van der Waals surface area (Å²) in [6, 6.07) is 12.2. The molecule has 1 unspecified atom stereocenters. The molecule has 6 heteroatoms. The first kappa shape index (κ1) is 19.9. The largest absolute Gasteiger partial charge is 0.451 e. The van der Waals surface area contributed by atoms with Crippen molar-refractivity contribution < 1.29 is 13.6 Å². The van der Waals surface area contributed by atoms with Crippen LogP contribution in [0.2, 0.25) is 5.02 Å². The van der Waals surface area contributed by atoms with Crippen LogP contribution in [0.4, 0.5) is 4.39 Å². The number of fused-ring (bicyclic) bond motifs is 1. The average molecular weight is 415 g/mol. The molecule has 4 nitrogen and oxygen atoms in total. The Morgan fingerprint density at radius 3 is 2.62 bits per heavy atom. The van der Waals surface area contributed by atoms with E-state index in [1.54, 1.807) is 13.0 Å². The molecular weight excluding hydrogens is 391 g/mol. The Morgan fingerprint density at radius 2 is 1.90 bits per heavy atom. The number of likely N-dealkylation sites (tertiary alicyclic amines) is 1. The summed E-state index contributed by atoms with van der Waals surface area (Å²) in [5.41, 5.74) is 2.29. The van der Waals surface area contributed by atoms with Crippen LogP contribution in [0.1, 0.15) is 47.0 Å². The predicted molar refractivity (Wildman–Crippen MR) is 113 cm³/mol. The molecule has 1 aromatic heterocycles. The number of carbonyl (C=O) groups is 1. The van der Waals surface area contributed by atoms with Gasteiger partial charge in [0.25, 0.3) is 5.91 Å². The molecule has 1 fully saturated rings. The van der Waals surface area contributed by atoms with Gasteiger partial charge < -0.3 is 9.73 Å². The van der Waals surface area contributed by atoms with Gasteiger partial charge in [-0.1, -0.05) is 30.2 Å². The molecular formula is C23H24ClFN2O2. The third kappa shape index (κ3) is 4.31. The van der Waals surface area contributed by atoms with Gasteiger partial charge in [-0.15, -0.1) is 0 Å². The maximum absolute atomic E-state index is 13.5. The van der Waals surface area contributed by atoms with Gasteiger partial charge in [0.1, 0.15) is 11.4 Å². The SMILES string of the molecule is Cc1c(C(=O)NCC(c2ccc(Cl)cc2)N2CCCCC2)oc2ccc(F)cc12. The van der Waals surface area contributed by atoms with E-state index in [0.717, 1.165) is 31.5 Å². The van der Waals surface area contributed by atoms with Gasteiger partial charge in [-0.2, -0.15) is 0 Å². The third-order valence-corrected chi connectivity index (χ3v) is 5.90. The van der Waals surface area contributed by atoms with E-state index in [1.807, 2.05) is 24.3 Å². The van der Waals surface area contributed by atoms with E-state index in [4.69, 9.17) is 16.0 Å². The highest BCUT2D eigenvalue weighted by molar-refractivity contribution is 6.30. The molecule has 1 atom stereocenters. The Bertz CT molecular complexity index is 1010. The fraction of sp³-hybridized carbons (Fsp3) is 0.348. The monoisotopic (exact) mass is 414 g/mol. The van der Waals surface area contributed by atoms with E-state index in [-0.39, 0.29) is 23.5 Å². The minimum absolute atomic E-state index is 0.0682. The zero-order valence-electron chi connectivity index (χ0n) is 16.4. The van der Waals surface area contributed by atoms with Crippen LogP contribution >= 0.6 is 11.6 Å². The minimum atomic E-state index is -0.346. The summed E-state index contributed by atoms with van der Waals surface area (Å²) in [4.78, 5) is 15.3. The van der Waals surface area contributed by atoms with Crippen molar-refractivity contribution in [3.05, 3.63) is 70.2 Å². The second-order valence-electron chi connectivity index (χ2n) is 7.57. The highest BCUT2D eigenvalue weighted by atomic mass is 35.5. The second-order valence-corrected chi connectivity index (χ2v) is 8.01. The lowest BCUT2D eigenvalue weighted by Gasteiger charge is -2.35. The fourth-order valence-electron chi connectivity index (χ4n) is 4.05. The molecule has 29 heavy (non-hydrogen) atoms. The quantitative estimate of drug-likeness (QED) is 0.600. The van der Waals surface area contributed by atoms with Crippen LogP contribution in [0.15, 0.2) is 46.9 Å². The standard InChI is InChI=1S/C23H24ClFN2O2/c1-15-19-13-18(25)9-10-21(19)29-22(15)23(28)26-14-20(27-11-3-2-4-12-27)16-5-7-17(24)8-6-16/h5-10,13,20H,2-4,11-12,14H2,1H3,(H,26,28). The van der Waals surface area contributed by atoms with Crippen LogP contribution in [0.3, 0.4) is 0 Å². The van der Waals surface area contributed by atoms with Crippen LogP contribution in [0.5, 0.6) is 0 Å². The molecule has 2 aromatic carbocycles. The van der Waals surface area contributed by atoms with Gasteiger partial charge >= 0.3 is 0 Å². The Morgan fingerprint density at radius 1 is 1.17 bits per heavy atom. The van der Waals surface area contributed by atoms with Crippen molar-refractivity contribution in [2.24, 2.45) is 0 Å². The van der Waals surface area contributed by atoms with Gasteiger partial charge in [-0.25, -0.2) is 4.39 Å². The summed E-state index contributed by atoms with van der Waals surface area (Å²) in [6.45, 7) is 4.25. The maximum Gasteiger partial charge on any atom is 0.287 e. The Hall–Kier alpha value is -2.37. The first-order valence-electron chi connectivity index (χ1n) is 9.99. The van der Waals surface area contributed by atoms with Crippen LogP contribution in [0.25, 0.3) is 11.0 Å². The number of amides is 1. The van der Waals surface area contributed by atoms with Gasteiger partial charge in [-0.3, -0.25) is 9.69 Å². The van der Waals surface area contributed by atoms with Gasteiger partial charge in [-0.05, 0) is 68.8 Å². The van der Waals surface area contributed by atoms with Crippen molar-refractivity contribution in [1.82, 2.24) is 10.2 Å². The number of piperidine rings is 1. The summed E-state index contributed by atoms with van der Waals surface area (Å²) in [5, 5.41) is 4.34. The van der Waals surface area contributed by atoms with E-state index in [2.05, 4.69) is 10.2 Å². The topological polar surface area (TPSA) is 45.5 Å². The number of nitrogens with one attached hydrogen (secondary N) is 1. The summed E-state index contributed by atoms with van der Waals surface area (Å²) >= 11 is 6.05. The number of hydrogen-bond donors (Lipinski definition) is 1. The smallest absolute Gasteiger partial charge is 0.287 e. The second kappa shape index (κ2) is 8.56. The van der Waals surface area contributed by atoms with Crippen molar-refractivity contribution in [3.63, 3.8) is 0 Å². The third-order valence-electron chi connectivity index (χ3n) is 5.65. The number of halogens is 2.